The summed E-state index contributed by atoms with van der Waals surface area (Å²) in [5, 5.41) is 13.1. The Labute approximate surface area is 157 Å². The predicted molar refractivity (Wildman–Crippen MR) is 103 cm³/mol. The van der Waals surface area contributed by atoms with Gasteiger partial charge < -0.3 is 19.7 Å². The van der Waals surface area contributed by atoms with Gasteiger partial charge in [-0.05, 0) is 39.2 Å². The van der Waals surface area contributed by atoms with E-state index in [-0.39, 0.29) is 17.8 Å². The van der Waals surface area contributed by atoms with E-state index in [9.17, 15) is 5.11 Å². The maximum Gasteiger partial charge on any atom is 0.494 e. The molecule has 1 aromatic carbocycles. The summed E-state index contributed by atoms with van der Waals surface area (Å²) in [5.74, 6) is 0. The number of benzene rings is 1. The molecule has 0 unspecified atom stereocenters. The highest BCUT2D eigenvalue weighted by Crippen LogP contribution is 2.36. The number of aromatic nitrogens is 1. The van der Waals surface area contributed by atoms with Crippen molar-refractivity contribution in [2.45, 2.75) is 52.0 Å². The van der Waals surface area contributed by atoms with Crippen molar-refractivity contribution in [1.29, 1.82) is 0 Å². The van der Waals surface area contributed by atoms with Crippen molar-refractivity contribution in [3.05, 3.63) is 39.3 Å². The molecule has 0 spiro atoms. The molecule has 25 heavy (non-hydrogen) atoms. The van der Waals surface area contributed by atoms with Gasteiger partial charge in [0.1, 0.15) is 0 Å². The normalized spacial score (nSPS) is 18.6. The fourth-order valence-corrected chi connectivity index (χ4v) is 3.51. The van der Waals surface area contributed by atoms with Crippen molar-refractivity contribution in [2.75, 3.05) is 5.32 Å². The number of hydrogen-bond donors (Lipinski definition) is 2. The largest absolute Gasteiger partial charge is 0.494 e. The molecule has 2 heterocycles. The van der Waals surface area contributed by atoms with E-state index in [1.165, 1.54) is 11.3 Å². The third-order valence-corrected chi connectivity index (χ3v) is 5.92. The fourth-order valence-electron chi connectivity index (χ4n) is 2.59. The summed E-state index contributed by atoms with van der Waals surface area (Å²) < 4.78 is 12.7. The summed E-state index contributed by atoms with van der Waals surface area (Å²) >= 11 is 7.28. The molecular formula is C17H22BClN2O3S. The van der Waals surface area contributed by atoms with Gasteiger partial charge in [-0.3, -0.25) is 0 Å². The van der Waals surface area contributed by atoms with Gasteiger partial charge in [-0.2, -0.15) is 0 Å². The van der Waals surface area contributed by atoms with Gasteiger partial charge in [-0.25, -0.2) is 4.98 Å². The Balaban J connectivity index is 1.76. The van der Waals surface area contributed by atoms with E-state index in [0.29, 0.717) is 11.0 Å². The lowest BCUT2D eigenvalue weighted by molar-refractivity contribution is 0.00578. The van der Waals surface area contributed by atoms with Crippen LogP contribution in [-0.4, -0.2) is 28.4 Å². The highest BCUT2D eigenvalue weighted by molar-refractivity contribution is 7.15. The van der Waals surface area contributed by atoms with E-state index in [2.05, 4.69) is 10.3 Å². The van der Waals surface area contributed by atoms with Crippen LogP contribution in [0.4, 0.5) is 5.69 Å². The first-order valence-corrected chi connectivity index (χ1v) is 9.35. The van der Waals surface area contributed by atoms with Crippen molar-refractivity contribution < 1.29 is 14.4 Å². The third kappa shape index (κ3) is 3.86. The van der Waals surface area contributed by atoms with Crippen LogP contribution in [0.3, 0.4) is 0 Å². The number of nitrogens with one attached hydrogen (secondary N) is 1. The molecule has 2 N–H and O–H groups in total. The quantitative estimate of drug-likeness (QED) is 0.780. The maximum absolute atomic E-state index is 9.74. The average Bonchev–Trinajstić information content (AvgIpc) is 3.05. The van der Waals surface area contributed by atoms with E-state index in [1.807, 2.05) is 45.9 Å². The molecule has 1 aromatic heterocycles. The van der Waals surface area contributed by atoms with Crippen molar-refractivity contribution in [1.82, 2.24) is 4.98 Å². The Morgan fingerprint density at radius 3 is 2.48 bits per heavy atom. The minimum Gasteiger partial charge on any atom is -0.399 e. The summed E-state index contributed by atoms with van der Waals surface area (Å²) in [6.07, 6.45) is 1.75. The molecule has 1 saturated heterocycles. The lowest BCUT2D eigenvalue weighted by Crippen LogP contribution is -2.41. The van der Waals surface area contributed by atoms with Crippen molar-refractivity contribution >= 4 is 41.2 Å². The highest BCUT2D eigenvalue weighted by Gasteiger charge is 2.51. The molecule has 0 aliphatic carbocycles. The van der Waals surface area contributed by atoms with Crippen LogP contribution in [0.1, 0.15) is 38.1 Å². The van der Waals surface area contributed by atoms with Gasteiger partial charge in [0.25, 0.3) is 0 Å². The number of hydrogen-bond acceptors (Lipinski definition) is 6. The number of aliphatic hydroxyl groups is 1. The molecule has 0 atom stereocenters. The molecule has 1 aliphatic heterocycles. The Morgan fingerprint density at radius 1 is 1.24 bits per heavy atom. The van der Waals surface area contributed by atoms with Gasteiger partial charge in [-0.15, -0.1) is 11.3 Å². The summed E-state index contributed by atoms with van der Waals surface area (Å²) in [7, 11) is -0.440. The third-order valence-electron chi connectivity index (χ3n) is 4.80. The van der Waals surface area contributed by atoms with Crippen LogP contribution in [-0.2, 0) is 22.5 Å². The molecule has 1 aliphatic rings. The number of nitrogens with zero attached hydrogens (tertiary/aromatic N) is 1. The second-order valence-electron chi connectivity index (χ2n) is 7.10. The van der Waals surface area contributed by atoms with Gasteiger partial charge in [0.15, 0.2) is 4.47 Å². The van der Waals surface area contributed by atoms with Crippen LogP contribution < -0.4 is 10.8 Å². The van der Waals surface area contributed by atoms with Gasteiger partial charge >= 0.3 is 7.12 Å². The van der Waals surface area contributed by atoms with E-state index in [4.69, 9.17) is 20.9 Å². The monoisotopic (exact) mass is 380 g/mol. The van der Waals surface area contributed by atoms with Gasteiger partial charge in [0.05, 0.1) is 24.4 Å². The molecule has 8 heteroatoms. The minimum atomic E-state index is -0.440. The minimum absolute atomic E-state index is 0.0703. The lowest BCUT2D eigenvalue weighted by atomic mass is 9.78. The van der Waals surface area contributed by atoms with Crippen LogP contribution in [0.2, 0.25) is 4.47 Å². The summed E-state index contributed by atoms with van der Waals surface area (Å²) in [4.78, 5) is 5.06. The predicted octanol–water partition coefficient (Wildman–Crippen LogP) is 3.20. The SMILES string of the molecule is CC1(C)OB(c2ccc(NCc3cnc(Cl)s3)c(CO)c2)OC1(C)C. The first-order chi connectivity index (χ1) is 11.7. The van der Waals surface area contributed by atoms with Crippen molar-refractivity contribution in [2.24, 2.45) is 0 Å². The van der Waals surface area contributed by atoms with Crippen LogP contribution >= 0.6 is 22.9 Å². The number of rotatable bonds is 5. The summed E-state index contributed by atoms with van der Waals surface area (Å²) in [6, 6.07) is 5.82. The zero-order chi connectivity index (χ0) is 18.2. The molecular weight excluding hydrogens is 359 g/mol. The molecule has 1 fully saturated rings. The van der Waals surface area contributed by atoms with Crippen LogP contribution in [0.25, 0.3) is 0 Å². The Kier molecular flexibility index (Phi) is 5.15. The molecule has 2 aromatic rings. The van der Waals surface area contributed by atoms with Gasteiger partial charge in [0, 0.05) is 22.3 Å². The van der Waals surface area contributed by atoms with E-state index in [1.54, 1.807) is 6.20 Å². The zero-order valence-electron chi connectivity index (χ0n) is 14.8. The highest BCUT2D eigenvalue weighted by atomic mass is 35.5. The topological polar surface area (TPSA) is 63.6 Å². The smallest absolute Gasteiger partial charge is 0.399 e. The molecule has 5 nitrogen and oxygen atoms in total. The summed E-state index contributed by atoms with van der Waals surface area (Å²) in [5.41, 5.74) is 1.78. The first-order valence-electron chi connectivity index (χ1n) is 8.15. The van der Waals surface area contributed by atoms with E-state index in [0.717, 1.165) is 21.6 Å². The number of anilines is 1. The second-order valence-corrected chi connectivity index (χ2v) is 8.79. The van der Waals surface area contributed by atoms with E-state index < -0.39 is 7.12 Å². The molecule has 3 rings (SSSR count). The van der Waals surface area contributed by atoms with Gasteiger partial charge in [-0.1, -0.05) is 23.7 Å². The average molecular weight is 381 g/mol. The van der Waals surface area contributed by atoms with Crippen LogP contribution in [0.5, 0.6) is 0 Å². The van der Waals surface area contributed by atoms with Crippen molar-refractivity contribution in [3.63, 3.8) is 0 Å². The fraction of sp³-hybridized carbons (Fsp3) is 0.471. The number of aliphatic hydroxyl groups excluding tert-OH is 1. The Hall–Kier alpha value is -1.12. The Bertz CT molecular complexity index is 750. The van der Waals surface area contributed by atoms with E-state index >= 15 is 0 Å². The lowest BCUT2D eigenvalue weighted by Gasteiger charge is -2.32. The molecule has 0 amide bonds. The van der Waals surface area contributed by atoms with Crippen molar-refractivity contribution in [3.8, 4) is 0 Å². The molecule has 134 valence electrons. The summed E-state index contributed by atoms with van der Waals surface area (Å²) in [6.45, 7) is 8.63. The van der Waals surface area contributed by atoms with Gasteiger partial charge in [0.2, 0.25) is 0 Å². The van der Waals surface area contributed by atoms with Crippen LogP contribution in [0, 0.1) is 0 Å². The first kappa shape index (κ1) is 18.7. The number of halogens is 1. The van der Waals surface area contributed by atoms with Crippen LogP contribution in [0.15, 0.2) is 24.4 Å². The molecule has 0 saturated carbocycles. The second kappa shape index (κ2) is 6.89. The molecule has 0 radical (unpaired) electrons. The molecule has 0 bridgehead atoms. The Morgan fingerprint density at radius 2 is 1.92 bits per heavy atom. The zero-order valence-corrected chi connectivity index (χ0v) is 16.4. The number of thiazole rings is 1. The standard InChI is InChI=1S/C17H22BClN2O3S/c1-16(2)17(3,4)24-18(23-16)12-5-6-14(11(7-12)10-22)20-8-13-9-21-15(19)25-13/h5-7,9,20,22H,8,10H2,1-4H3. The maximum atomic E-state index is 9.74.